The maximum absolute atomic E-state index is 12.4. The van der Waals surface area contributed by atoms with E-state index in [-0.39, 0.29) is 43.1 Å². The van der Waals surface area contributed by atoms with Crippen molar-refractivity contribution >= 4 is 58.7 Å². The van der Waals surface area contributed by atoms with E-state index < -0.39 is 40.3 Å². The second-order valence-corrected chi connectivity index (χ2v) is 10.8. The third-order valence-electron chi connectivity index (χ3n) is 6.10. The van der Waals surface area contributed by atoms with Crippen LogP contribution in [0.4, 0.5) is 4.79 Å². The molecule has 32 heavy (non-hydrogen) atoms. The van der Waals surface area contributed by atoms with Crippen molar-refractivity contribution in [3.8, 4) is 0 Å². The molecule has 4 aliphatic heterocycles. The van der Waals surface area contributed by atoms with Crippen LogP contribution in [0.25, 0.3) is 0 Å². The SMILES string of the molecule is C=C1N[C@H]2[C@H](CN3C(=O)CCC3=O)N=C(NC(=O)OCC(Cl)(Cl)Cl)N3C[C@H](C)[C@H](O)[C@]23N1. The van der Waals surface area contributed by atoms with Crippen molar-refractivity contribution in [1.29, 1.82) is 0 Å². The lowest BCUT2D eigenvalue weighted by atomic mass is 9.86. The minimum atomic E-state index is -1.79. The normalized spacial score (nSPS) is 34.0. The van der Waals surface area contributed by atoms with Crippen LogP contribution >= 0.6 is 34.8 Å². The number of nitrogens with zero attached hydrogens (tertiary/aromatic N) is 3. The Bertz CT molecular complexity index is 879. The summed E-state index contributed by atoms with van der Waals surface area (Å²) in [6.07, 6.45) is -1.50. The molecular weight excluding hydrogens is 487 g/mol. The number of amides is 3. The van der Waals surface area contributed by atoms with E-state index in [4.69, 9.17) is 39.5 Å². The molecule has 0 aromatic carbocycles. The van der Waals surface area contributed by atoms with Crippen molar-refractivity contribution in [1.82, 2.24) is 25.8 Å². The van der Waals surface area contributed by atoms with Crippen LogP contribution in [0.1, 0.15) is 19.8 Å². The molecule has 176 valence electrons. The number of aliphatic imine (C=N–C) groups is 1. The molecule has 14 heteroatoms. The summed E-state index contributed by atoms with van der Waals surface area (Å²) >= 11 is 16.9. The number of hydrogen-bond acceptors (Lipinski definition) is 9. The second-order valence-electron chi connectivity index (χ2n) is 8.32. The van der Waals surface area contributed by atoms with Crippen molar-refractivity contribution in [3.63, 3.8) is 0 Å². The van der Waals surface area contributed by atoms with Crippen molar-refractivity contribution in [2.75, 3.05) is 19.7 Å². The maximum atomic E-state index is 12.4. The number of ether oxygens (including phenoxy) is 1. The Labute approximate surface area is 199 Å². The lowest BCUT2D eigenvalue weighted by Gasteiger charge is -2.47. The molecule has 0 radical (unpaired) electrons. The van der Waals surface area contributed by atoms with Crippen LogP contribution in [0.2, 0.25) is 0 Å². The fraction of sp³-hybridized carbons (Fsp3) is 0.667. The van der Waals surface area contributed by atoms with Gasteiger partial charge >= 0.3 is 6.09 Å². The number of aliphatic hydroxyl groups excluding tert-OH is 1. The van der Waals surface area contributed by atoms with Crippen molar-refractivity contribution in [3.05, 3.63) is 12.4 Å². The molecule has 0 aliphatic carbocycles. The molecule has 0 saturated carbocycles. The summed E-state index contributed by atoms with van der Waals surface area (Å²) in [5.41, 5.74) is -1.10. The molecule has 1 spiro atoms. The molecular formula is C18H23Cl3N6O5. The Balaban J connectivity index is 1.66. The molecule has 0 bridgehead atoms. The van der Waals surface area contributed by atoms with Crippen LogP contribution in [-0.2, 0) is 14.3 Å². The fourth-order valence-corrected chi connectivity index (χ4v) is 4.93. The molecule has 4 N–H and O–H groups in total. The van der Waals surface area contributed by atoms with Gasteiger partial charge in [-0.05, 0) is 0 Å². The number of guanidine groups is 1. The van der Waals surface area contributed by atoms with E-state index in [0.29, 0.717) is 12.4 Å². The van der Waals surface area contributed by atoms with Crippen LogP contribution in [0.15, 0.2) is 17.4 Å². The molecule has 4 heterocycles. The topological polar surface area (TPSA) is 136 Å². The fourth-order valence-electron chi connectivity index (χ4n) is 4.77. The molecule has 11 nitrogen and oxygen atoms in total. The van der Waals surface area contributed by atoms with Gasteiger partial charge in [-0.25, -0.2) is 9.79 Å². The Hall–Kier alpha value is -1.95. The first-order chi connectivity index (χ1) is 14.9. The minimum absolute atomic E-state index is 0.0185. The molecule has 0 aromatic heterocycles. The van der Waals surface area contributed by atoms with Gasteiger partial charge in [0, 0.05) is 25.3 Å². The van der Waals surface area contributed by atoms with Gasteiger partial charge in [-0.2, -0.15) is 0 Å². The third-order valence-corrected chi connectivity index (χ3v) is 6.42. The average Bonchev–Trinajstić information content (AvgIpc) is 3.30. The predicted octanol–water partition coefficient (Wildman–Crippen LogP) is 0.0115. The average molecular weight is 510 g/mol. The van der Waals surface area contributed by atoms with Crippen LogP contribution < -0.4 is 16.0 Å². The first-order valence-corrected chi connectivity index (χ1v) is 11.2. The van der Waals surface area contributed by atoms with Crippen molar-refractivity contribution in [2.24, 2.45) is 10.9 Å². The highest BCUT2D eigenvalue weighted by Gasteiger charge is 2.65. The number of alkyl halides is 3. The smallest absolute Gasteiger partial charge is 0.414 e. The predicted molar refractivity (Wildman–Crippen MR) is 116 cm³/mol. The van der Waals surface area contributed by atoms with Crippen LogP contribution in [0.3, 0.4) is 0 Å². The summed E-state index contributed by atoms with van der Waals surface area (Å²) < 4.78 is 3.17. The lowest BCUT2D eigenvalue weighted by molar-refractivity contribution is -0.139. The highest BCUT2D eigenvalue weighted by molar-refractivity contribution is 6.67. The molecule has 4 rings (SSSR count). The van der Waals surface area contributed by atoms with Crippen LogP contribution in [-0.4, -0.2) is 86.1 Å². The number of carbonyl (C=O) groups excluding carboxylic acids is 3. The number of rotatable bonds is 3. The first kappa shape index (κ1) is 23.2. The van der Waals surface area contributed by atoms with Crippen LogP contribution in [0.5, 0.6) is 0 Å². The maximum Gasteiger partial charge on any atom is 0.414 e. The van der Waals surface area contributed by atoms with Gasteiger partial charge in [0.05, 0.1) is 24.4 Å². The second kappa shape index (κ2) is 8.12. The molecule has 0 aromatic rings. The Morgan fingerprint density at radius 3 is 2.66 bits per heavy atom. The molecule has 3 saturated heterocycles. The highest BCUT2D eigenvalue weighted by atomic mass is 35.6. The monoisotopic (exact) mass is 508 g/mol. The molecule has 3 fully saturated rings. The number of likely N-dealkylation sites (tertiary alicyclic amines) is 1. The summed E-state index contributed by atoms with van der Waals surface area (Å²) in [7, 11) is 0. The van der Waals surface area contributed by atoms with E-state index in [2.05, 4.69) is 27.5 Å². The zero-order valence-corrected chi connectivity index (χ0v) is 19.4. The number of halogens is 3. The standard InChI is InChI=1S/C18H23Cl3N6O5/c1-8-5-27-15(24-16(31)32-7-17(19,20)21)23-10(6-26-11(28)3-4-12(26)29)13-18(27,14(8)30)25-9(2)22-13/h8,10,13-14,22,25,30H,2-7H2,1H3,(H,23,24,31)/t8-,10-,13-,14-,18-/m0/s1. The highest BCUT2D eigenvalue weighted by Crippen LogP contribution is 2.42. The van der Waals surface area contributed by atoms with Gasteiger partial charge in [-0.1, -0.05) is 48.3 Å². The zero-order chi connectivity index (χ0) is 23.4. The zero-order valence-electron chi connectivity index (χ0n) is 17.1. The van der Waals surface area contributed by atoms with E-state index in [1.807, 2.05) is 6.92 Å². The number of alkyl carbamates (subject to hydrolysis) is 1. The number of carbonyl (C=O) groups is 3. The van der Waals surface area contributed by atoms with Gasteiger partial charge in [-0.3, -0.25) is 19.8 Å². The number of nitrogens with one attached hydrogen (secondary N) is 3. The van der Waals surface area contributed by atoms with E-state index >= 15 is 0 Å². The van der Waals surface area contributed by atoms with Gasteiger partial charge < -0.3 is 25.4 Å². The largest absolute Gasteiger partial charge is 0.445 e. The lowest BCUT2D eigenvalue weighted by Crippen LogP contribution is -2.73. The molecule has 0 unspecified atom stereocenters. The van der Waals surface area contributed by atoms with E-state index in [9.17, 15) is 19.5 Å². The summed E-state index contributed by atoms with van der Waals surface area (Å²) in [5.74, 6) is -0.220. The summed E-state index contributed by atoms with van der Waals surface area (Å²) in [6, 6.07) is -1.22. The molecule has 5 atom stereocenters. The number of imide groups is 1. The van der Waals surface area contributed by atoms with Gasteiger partial charge in [0.2, 0.25) is 21.6 Å². The van der Waals surface area contributed by atoms with E-state index in [0.717, 1.165) is 4.90 Å². The Morgan fingerprint density at radius 1 is 1.38 bits per heavy atom. The molecule has 4 aliphatic rings. The number of hydrogen-bond donors (Lipinski definition) is 4. The number of aliphatic hydroxyl groups is 1. The van der Waals surface area contributed by atoms with Gasteiger partial charge in [0.1, 0.15) is 12.7 Å². The van der Waals surface area contributed by atoms with E-state index in [1.165, 1.54) is 0 Å². The quantitative estimate of drug-likeness (QED) is 0.309. The van der Waals surface area contributed by atoms with Crippen LogP contribution in [0, 0.1) is 5.92 Å². The summed E-state index contributed by atoms with van der Waals surface area (Å²) in [5, 5.41) is 20.1. The minimum Gasteiger partial charge on any atom is -0.445 e. The summed E-state index contributed by atoms with van der Waals surface area (Å²) in [6.45, 7) is 5.63. The van der Waals surface area contributed by atoms with Crippen molar-refractivity contribution in [2.45, 2.75) is 47.4 Å². The molecule has 3 amide bonds. The van der Waals surface area contributed by atoms with Gasteiger partial charge in [0.25, 0.3) is 0 Å². The van der Waals surface area contributed by atoms with E-state index in [1.54, 1.807) is 4.90 Å². The van der Waals surface area contributed by atoms with Gasteiger partial charge in [0.15, 0.2) is 5.66 Å². The van der Waals surface area contributed by atoms with Crippen molar-refractivity contribution < 1.29 is 24.2 Å². The first-order valence-electron chi connectivity index (χ1n) is 10.0. The van der Waals surface area contributed by atoms with Gasteiger partial charge in [-0.15, -0.1) is 0 Å². The Kier molecular flexibility index (Phi) is 5.89. The Morgan fingerprint density at radius 2 is 2.03 bits per heavy atom. The third kappa shape index (κ3) is 3.95. The summed E-state index contributed by atoms with van der Waals surface area (Å²) in [4.78, 5) is 44.3.